The van der Waals surface area contributed by atoms with E-state index in [2.05, 4.69) is 32.8 Å². The molecule has 0 radical (unpaired) electrons. The number of piperazine rings is 1. The topological polar surface area (TPSA) is 52.6 Å². The maximum Gasteiger partial charge on any atom is 0.236 e. The summed E-state index contributed by atoms with van der Waals surface area (Å²) in [6.07, 6.45) is 3.96. The first-order valence-electron chi connectivity index (χ1n) is 9.18. The van der Waals surface area contributed by atoms with Gasteiger partial charge in [0.15, 0.2) is 0 Å². The predicted octanol–water partition coefficient (Wildman–Crippen LogP) is 1.68. The highest BCUT2D eigenvalue weighted by Crippen LogP contribution is 2.26. The van der Waals surface area contributed by atoms with Crippen molar-refractivity contribution >= 4 is 22.6 Å². The van der Waals surface area contributed by atoms with Crippen molar-refractivity contribution in [2.45, 2.75) is 19.8 Å². The van der Waals surface area contributed by atoms with Crippen molar-refractivity contribution in [1.29, 1.82) is 0 Å². The number of hydrogen-bond donors (Lipinski definition) is 0. The molecule has 6 heteroatoms. The van der Waals surface area contributed by atoms with Gasteiger partial charge in [-0.2, -0.15) is 0 Å². The fourth-order valence-corrected chi connectivity index (χ4v) is 3.88. The Bertz CT molecular complexity index is 758. The van der Waals surface area contributed by atoms with E-state index in [4.69, 9.17) is 0 Å². The normalized spacial score (nSPS) is 18.9. The van der Waals surface area contributed by atoms with Crippen molar-refractivity contribution in [2.24, 2.45) is 0 Å². The van der Waals surface area contributed by atoms with Gasteiger partial charge in [0.2, 0.25) is 5.91 Å². The smallest absolute Gasteiger partial charge is 0.236 e. The summed E-state index contributed by atoms with van der Waals surface area (Å²) >= 11 is 0. The van der Waals surface area contributed by atoms with E-state index < -0.39 is 0 Å². The fraction of sp³-hybridized carbons (Fsp3) is 0.526. The van der Waals surface area contributed by atoms with Crippen LogP contribution in [0.5, 0.6) is 0 Å². The number of aromatic nitrogens is 2. The first kappa shape index (κ1) is 16.3. The van der Waals surface area contributed by atoms with E-state index in [1.807, 2.05) is 17.0 Å². The number of aryl methyl sites for hydroxylation is 1. The lowest BCUT2D eigenvalue weighted by molar-refractivity contribution is -0.131. The summed E-state index contributed by atoms with van der Waals surface area (Å²) in [4.78, 5) is 27.9. The number of benzene rings is 1. The fourth-order valence-electron chi connectivity index (χ4n) is 3.88. The molecule has 0 bridgehead atoms. The van der Waals surface area contributed by atoms with Crippen LogP contribution in [0.3, 0.4) is 0 Å². The van der Waals surface area contributed by atoms with Crippen LogP contribution in [0.15, 0.2) is 24.5 Å². The zero-order valence-electron chi connectivity index (χ0n) is 14.8. The average Bonchev–Trinajstić information content (AvgIpc) is 3.17. The number of hydrogen-bond acceptors (Lipinski definition) is 5. The molecule has 132 valence electrons. The van der Waals surface area contributed by atoms with Crippen LogP contribution in [0, 0.1) is 6.92 Å². The average molecular weight is 339 g/mol. The number of amides is 1. The number of anilines is 1. The molecule has 2 aromatic rings. The van der Waals surface area contributed by atoms with E-state index in [1.165, 1.54) is 5.56 Å². The van der Waals surface area contributed by atoms with Crippen LogP contribution in [0.1, 0.15) is 18.4 Å². The first-order valence-corrected chi connectivity index (χ1v) is 9.18. The number of carbonyl (C=O) groups is 1. The molecule has 0 saturated carbocycles. The highest BCUT2D eigenvalue weighted by atomic mass is 16.2. The molecule has 3 heterocycles. The molecule has 0 unspecified atom stereocenters. The maximum atomic E-state index is 12.3. The van der Waals surface area contributed by atoms with Crippen molar-refractivity contribution in [3.05, 3.63) is 30.1 Å². The molecule has 4 rings (SSSR count). The van der Waals surface area contributed by atoms with E-state index in [0.29, 0.717) is 6.54 Å². The molecule has 0 atom stereocenters. The standard InChI is InChI=1S/C19H25N5O/c1-15-5-4-6-16-18(15)19(21-14-20-16)24-11-9-22(10-12-24)13-17(25)23-7-2-3-8-23/h4-6,14H,2-3,7-13H2,1H3. The van der Waals surface area contributed by atoms with E-state index in [0.717, 1.165) is 68.8 Å². The first-order chi connectivity index (χ1) is 12.2. The number of fused-ring (bicyclic) bond motifs is 1. The third-order valence-corrected chi connectivity index (χ3v) is 5.34. The van der Waals surface area contributed by atoms with Gasteiger partial charge in [0.1, 0.15) is 12.1 Å². The number of likely N-dealkylation sites (tertiary alicyclic amines) is 1. The second-order valence-electron chi connectivity index (χ2n) is 7.02. The molecule has 25 heavy (non-hydrogen) atoms. The van der Waals surface area contributed by atoms with Gasteiger partial charge in [0.25, 0.3) is 0 Å². The molecule has 1 aromatic carbocycles. The van der Waals surface area contributed by atoms with Crippen LogP contribution in [-0.4, -0.2) is 71.5 Å². The van der Waals surface area contributed by atoms with Crippen molar-refractivity contribution in [1.82, 2.24) is 19.8 Å². The molecule has 0 spiro atoms. The van der Waals surface area contributed by atoms with E-state index >= 15 is 0 Å². The molecule has 2 fully saturated rings. The summed E-state index contributed by atoms with van der Waals surface area (Å²) in [5.41, 5.74) is 2.20. The number of carbonyl (C=O) groups excluding carboxylic acids is 1. The zero-order chi connectivity index (χ0) is 17.2. The lowest BCUT2D eigenvalue weighted by Crippen LogP contribution is -2.50. The summed E-state index contributed by atoms with van der Waals surface area (Å²) in [6, 6.07) is 6.19. The van der Waals surface area contributed by atoms with Gasteiger partial charge in [-0.3, -0.25) is 9.69 Å². The third-order valence-electron chi connectivity index (χ3n) is 5.34. The van der Waals surface area contributed by atoms with Crippen molar-refractivity contribution in [2.75, 3.05) is 50.7 Å². The van der Waals surface area contributed by atoms with Gasteiger partial charge in [-0.05, 0) is 31.4 Å². The predicted molar refractivity (Wildman–Crippen MR) is 98.7 cm³/mol. The van der Waals surface area contributed by atoms with Gasteiger partial charge in [0.05, 0.1) is 12.1 Å². The summed E-state index contributed by atoms with van der Waals surface area (Å²) in [5, 5.41) is 1.14. The minimum absolute atomic E-state index is 0.286. The molecule has 1 aromatic heterocycles. The Morgan fingerprint density at radius 3 is 2.56 bits per heavy atom. The summed E-state index contributed by atoms with van der Waals surface area (Å²) < 4.78 is 0. The molecule has 6 nitrogen and oxygen atoms in total. The lowest BCUT2D eigenvalue weighted by atomic mass is 10.1. The van der Waals surface area contributed by atoms with Crippen molar-refractivity contribution in [3.8, 4) is 0 Å². The highest BCUT2D eigenvalue weighted by Gasteiger charge is 2.24. The molecule has 2 aliphatic heterocycles. The summed E-state index contributed by atoms with van der Waals surface area (Å²) in [6.45, 7) is 8.13. The molecule has 0 N–H and O–H groups in total. The molecule has 0 aliphatic carbocycles. The largest absolute Gasteiger partial charge is 0.353 e. The van der Waals surface area contributed by atoms with Gasteiger partial charge in [-0.1, -0.05) is 12.1 Å². The van der Waals surface area contributed by atoms with E-state index in [9.17, 15) is 4.79 Å². The Morgan fingerprint density at radius 1 is 1.04 bits per heavy atom. The highest BCUT2D eigenvalue weighted by molar-refractivity contribution is 5.92. The third kappa shape index (κ3) is 3.31. The molecule has 2 saturated heterocycles. The minimum Gasteiger partial charge on any atom is -0.353 e. The Morgan fingerprint density at radius 2 is 1.80 bits per heavy atom. The van der Waals surface area contributed by atoms with Crippen LogP contribution >= 0.6 is 0 Å². The van der Waals surface area contributed by atoms with Crippen LogP contribution < -0.4 is 4.90 Å². The summed E-state index contributed by atoms with van der Waals surface area (Å²) in [7, 11) is 0. The number of rotatable bonds is 3. The second kappa shape index (κ2) is 6.96. The monoisotopic (exact) mass is 339 g/mol. The maximum absolute atomic E-state index is 12.3. The van der Waals surface area contributed by atoms with Crippen molar-refractivity contribution < 1.29 is 4.79 Å². The summed E-state index contributed by atoms with van der Waals surface area (Å²) in [5.74, 6) is 1.31. The Balaban J connectivity index is 1.43. The number of nitrogens with zero attached hydrogens (tertiary/aromatic N) is 5. The van der Waals surface area contributed by atoms with Gasteiger partial charge in [-0.25, -0.2) is 9.97 Å². The molecule has 1 amide bonds. The Labute approximate surface area is 148 Å². The zero-order valence-corrected chi connectivity index (χ0v) is 14.8. The van der Waals surface area contributed by atoms with Crippen LogP contribution in [0.4, 0.5) is 5.82 Å². The van der Waals surface area contributed by atoms with Gasteiger partial charge < -0.3 is 9.80 Å². The Kier molecular flexibility index (Phi) is 4.53. The second-order valence-corrected chi connectivity index (χ2v) is 7.02. The van der Waals surface area contributed by atoms with Crippen LogP contribution in [-0.2, 0) is 4.79 Å². The quantitative estimate of drug-likeness (QED) is 0.852. The van der Waals surface area contributed by atoms with Gasteiger partial charge in [-0.15, -0.1) is 0 Å². The minimum atomic E-state index is 0.286. The SMILES string of the molecule is Cc1cccc2ncnc(N3CCN(CC(=O)N4CCCC4)CC3)c12. The Hall–Kier alpha value is -2.21. The van der Waals surface area contributed by atoms with E-state index in [-0.39, 0.29) is 5.91 Å². The van der Waals surface area contributed by atoms with Crippen LogP contribution in [0.2, 0.25) is 0 Å². The lowest BCUT2D eigenvalue weighted by Gasteiger charge is -2.36. The van der Waals surface area contributed by atoms with Crippen LogP contribution in [0.25, 0.3) is 10.9 Å². The van der Waals surface area contributed by atoms with Gasteiger partial charge in [0, 0.05) is 44.7 Å². The van der Waals surface area contributed by atoms with E-state index in [1.54, 1.807) is 6.33 Å². The van der Waals surface area contributed by atoms with Gasteiger partial charge >= 0.3 is 0 Å². The molecular weight excluding hydrogens is 314 g/mol. The molecule has 2 aliphatic rings. The van der Waals surface area contributed by atoms with Crippen molar-refractivity contribution in [3.63, 3.8) is 0 Å². The molecular formula is C19H25N5O.